The molecule has 3 aromatic rings. The van der Waals surface area contributed by atoms with E-state index in [1.807, 2.05) is 30.3 Å². The molecular formula is C20H19FN2O3S2. The average molecular weight is 419 g/mol. The van der Waals surface area contributed by atoms with Crippen molar-refractivity contribution in [3.05, 3.63) is 71.4 Å². The van der Waals surface area contributed by atoms with Crippen LogP contribution in [0.25, 0.3) is 11.3 Å². The van der Waals surface area contributed by atoms with Gasteiger partial charge in [-0.15, -0.1) is 11.3 Å². The number of benzene rings is 2. The highest BCUT2D eigenvalue weighted by atomic mass is 32.2. The highest BCUT2D eigenvalue weighted by Crippen LogP contribution is 2.25. The van der Waals surface area contributed by atoms with E-state index in [1.54, 1.807) is 17.5 Å². The molecule has 1 N–H and O–H groups in total. The number of hydrogen-bond acceptors (Lipinski definition) is 5. The van der Waals surface area contributed by atoms with Gasteiger partial charge in [-0.05, 0) is 42.7 Å². The molecular weight excluding hydrogens is 399 g/mol. The quantitative estimate of drug-likeness (QED) is 0.601. The van der Waals surface area contributed by atoms with Gasteiger partial charge < -0.3 is 5.32 Å². The number of carbonyl (C=O) groups is 1. The second kappa shape index (κ2) is 9.07. The van der Waals surface area contributed by atoms with Gasteiger partial charge in [-0.25, -0.2) is 17.8 Å². The zero-order chi connectivity index (χ0) is 20.0. The zero-order valence-electron chi connectivity index (χ0n) is 15.0. The fourth-order valence-corrected chi connectivity index (χ4v) is 4.59. The highest BCUT2D eigenvalue weighted by molar-refractivity contribution is 7.92. The lowest BCUT2D eigenvalue weighted by molar-refractivity contribution is -0.113. The highest BCUT2D eigenvalue weighted by Gasteiger charge is 2.18. The zero-order valence-corrected chi connectivity index (χ0v) is 16.6. The molecule has 0 fully saturated rings. The van der Waals surface area contributed by atoms with Crippen molar-refractivity contribution in [1.29, 1.82) is 0 Å². The third-order valence-corrected chi connectivity index (χ3v) is 6.38. The van der Waals surface area contributed by atoms with Crippen LogP contribution in [-0.2, 0) is 21.1 Å². The van der Waals surface area contributed by atoms with Gasteiger partial charge in [0.25, 0.3) is 0 Å². The van der Waals surface area contributed by atoms with Crippen LogP contribution in [0.4, 0.5) is 9.52 Å². The number of aromatic nitrogens is 1. The summed E-state index contributed by atoms with van der Waals surface area (Å²) in [4.78, 5) is 16.3. The number of aryl methyl sites for hydroxylation is 1. The molecule has 0 aliphatic rings. The van der Waals surface area contributed by atoms with E-state index in [0.717, 1.165) is 5.56 Å². The molecule has 28 heavy (non-hydrogen) atoms. The van der Waals surface area contributed by atoms with Gasteiger partial charge in [0.1, 0.15) is 11.6 Å². The Hall–Kier alpha value is -2.58. The molecule has 8 heteroatoms. The smallest absolute Gasteiger partial charge is 0.241 e. The average Bonchev–Trinajstić information content (AvgIpc) is 3.10. The van der Waals surface area contributed by atoms with Crippen molar-refractivity contribution in [2.75, 3.05) is 16.8 Å². The molecule has 0 bridgehead atoms. The monoisotopic (exact) mass is 418 g/mol. The normalized spacial score (nSPS) is 11.3. The number of anilines is 1. The van der Waals surface area contributed by atoms with Gasteiger partial charge in [-0.1, -0.05) is 30.3 Å². The van der Waals surface area contributed by atoms with Gasteiger partial charge in [0.15, 0.2) is 15.0 Å². The van der Waals surface area contributed by atoms with Crippen molar-refractivity contribution in [2.45, 2.75) is 12.8 Å². The summed E-state index contributed by atoms with van der Waals surface area (Å²) < 4.78 is 37.3. The molecule has 2 aromatic carbocycles. The maximum absolute atomic E-state index is 13.0. The number of carbonyl (C=O) groups excluding carboxylic acids is 1. The molecule has 0 saturated heterocycles. The van der Waals surface area contributed by atoms with Crippen molar-refractivity contribution >= 4 is 32.2 Å². The van der Waals surface area contributed by atoms with E-state index < -0.39 is 21.5 Å². The summed E-state index contributed by atoms with van der Waals surface area (Å²) in [5, 5.41) is 4.55. The Labute approximate surface area is 167 Å². The summed E-state index contributed by atoms with van der Waals surface area (Å²) in [6, 6.07) is 15.5. The minimum atomic E-state index is -3.50. The summed E-state index contributed by atoms with van der Waals surface area (Å²) in [6.45, 7) is 0. The lowest BCUT2D eigenvalue weighted by atomic mass is 10.1. The summed E-state index contributed by atoms with van der Waals surface area (Å²) in [5.41, 5.74) is 2.37. The number of nitrogens with one attached hydrogen (secondary N) is 1. The van der Waals surface area contributed by atoms with E-state index in [9.17, 15) is 17.6 Å². The molecule has 0 atom stereocenters. The molecule has 1 heterocycles. The van der Waals surface area contributed by atoms with Crippen LogP contribution in [0.5, 0.6) is 0 Å². The minimum Gasteiger partial charge on any atom is -0.301 e. The minimum absolute atomic E-state index is 0.0476. The number of rotatable bonds is 8. The maximum atomic E-state index is 13.0. The molecule has 0 aliphatic carbocycles. The predicted molar refractivity (Wildman–Crippen MR) is 110 cm³/mol. The maximum Gasteiger partial charge on any atom is 0.241 e. The Morgan fingerprint density at radius 2 is 1.79 bits per heavy atom. The van der Waals surface area contributed by atoms with Crippen LogP contribution in [-0.4, -0.2) is 30.8 Å². The summed E-state index contributed by atoms with van der Waals surface area (Å²) >= 11 is 1.19. The second-order valence-corrected chi connectivity index (χ2v) is 9.32. The third-order valence-electron chi connectivity index (χ3n) is 4.01. The van der Waals surface area contributed by atoms with Crippen LogP contribution in [0.3, 0.4) is 0 Å². The van der Waals surface area contributed by atoms with Crippen LogP contribution in [0, 0.1) is 5.82 Å². The lowest BCUT2D eigenvalue weighted by Crippen LogP contribution is -2.24. The molecule has 0 saturated carbocycles. The van der Waals surface area contributed by atoms with Gasteiger partial charge in [0.05, 0.1) is 11.4 Å². The van der Waals surface area contributed by atoms with Crippen LogP contribution >= 0.6 is 11.3 Å². The Bertz CT molecular complexity index is 1030. The van der Waals surface area contributed by atoms with E-state index in [4.69, 9.17) is 0 Å². The number of hydrogen-bond donors (Lipinski definition) is 1. The van der Waals surface area contributed by atoms with Crippen LogP contribution in [0.2, 0.25) is 0 Å². The molecule has 5 nitrogen and oxygen atoms in total. The van der Waals surface area contributed by atoms with Crippen molar-refractivity contribution < 1.29 is 17.6 Å². The summed E-state index contributed by atoms with van der Waals surface area (Å²) in [7, 11) is -3.50. The van der Waals surface area contributed by atoms with E-state index in [0.29, 0.717) is 29.2 Å². The first kappa shape index (κ1) is 20.2. The SMILES string of the molecule is O=C(CS(=O)(=O)CCCc1ccccc1)Nc1nc(-c2ccc(F)cc2)cs1. The van der Waals surface area contributed by atoms with E-state index >= 15 is 0 Å². The van der Waals surface area contributed by atoms with Gasteiger partial charge in [-0.3, -0.25) is 4.79 Å². The first-order valence-corrected chi connectivity index (χ1v) is 11.4. The fraction of sp³-hybridized carbons (Fsp3) is 0.200. The Balaban J connectivity index is 1.51. The van der Waals surface area contributed by atoms with Crippen LogP contribution in [0.1, 0.15) is 12.0 Å². The van der Waals surface area contributed by atoms with Crippen molar-refractivity contribution in [2.24, 2.45) is 0 Å². The summed E-state index contributed by atoms with van der Waals surface area (Å²) in [6.07, 6.45) is 1.11. The molecule has 0 aliphatic heterocycles. The number of nitrogens with zero attached hydrogens (tertiary/aromatic N) is 1. The molecule has 1 aromatic heterocycles. The largest absolute Gasteiger partial charge is 0.301 e. The third kappa shape index (κ3) is 5.97. The Morgan fingerprint density at radius 3 is 2.50 bits per heavy atom. The molecule has 1 amide bonds. The summed E-state index contributed by atoms with van der Waals surface area (Å²) in [5.74, 6) is -1.58. The first-order chi connectivity index (χ1) is 13.4. The van der Waals surface area contributed by atoms with Crippen molar-refractivity contribution in [1.82, 2.24) is 4.98 Å². The topological polar surface area (TPSA) is 76.1 Å². The van der Waals surface area contributed by atoms with Gasteiger partial charge in [0, 0.05) is 10.9 Å². The van der Waals surface area contributed by atoms with E-state index in [2.05, 4.69) is 10.3 Å². The van der Waals surface area contributed by atoms with Crippen LogP contribution in [0.15, 0.2) is 60.0 Å². The molecule has 0 spiro atoms. The fourth-order valence-electron chi connectivity index (χ4n) is 2.65. The van der Waals surface area contributed by atoms with Gasteiger partial charge >= 0.3 is 0 Å². The van der Waals surface area contributed by atoms with Crippen molar-refractivity contribution in [3.8, 4) is 11.3 Å². The molecule has 146 valence electrons. The number of amides is 1. The molecule has 0 radical (unpaired) electrons. The van der Waals surface area contributed by atoms with E-state index in [1.165, 1.54) is 23.5 Å². The standard InChI is InChI=1S/C20H19FN2O3S2/c21-17-10-8-16(9-11-17)18-13-27-20(22-18)23-19(24)14-28(25,26)12-4-7-15-5-2-1-3-6-15/h1-3,5-6,8-11,13H,4,7,12,14H2,(H,22,23,24). The van der Waals surface area contributed by atoms with E-state index in [-0.39, 0.29) is 11.6 Å². The Morgan fingerprint density at radius 1 is 1.07 bits per heavy atom. The number of sulfone groups is 1. The predicted octanol–water partition coefficient (Wildman–Crippen LogP) is 3.94. The second-order valence-electron chi connectivity index (χ2n) is 6.27. The first-order valence-electron chi connectivity index (χ1n) is 8.67. The van der Waals surface area contributed by atoms with Gasteiger partial charge in [0.2, 0.25) is 5.91 Å². The van der Waals surface area contributed by atoms with Crippen LogP contribution < -0.4 is 5.32 Å². The van der Waals surface area contributed by atoms with Crippen molar-refractivity contribution in [3.63, 3.8) is 0 Å². The number of halogens is 1. The lowest BCUT2D eigenvalue weighted by Gasteiger charge is -2.05. The number of thiazole rings is 1. The molecule has 3 rings (SSSR count). The Kier molecular flexibility index (Phi) is 6.53. The molecule has 0 unspecified atom stereocenters. The van der Waals surface area contributed by atoms with Gasteiger partial charge in [-0.2, -0.15) is 0 Å².